The largest absolute Gasteiger partial charge is 0.433 e. The molecule has 43 heavy (non-hydrogen) atoms. The van der Waals surface area contributed by atoms with Crippen molar-refractivity contribution in [3.63, 3.8) is 0 Å². The first-order valence-corrected chi connectivity index (χ1v) is 14.6. The topological polar surface area (TPSA) is 72.5 Å². The summed E-state index contributed by atoms with van der Waals surface area (Å²) in [6.45, 7) is 2.87. The molecule has 0 radical (unpaired) electrons. The Bertz CT molecular complexity index is 1350. The average molecular weight is 583 g/mol. The van der Waals surface area contributed by atoms with Gasteiger partial charge in [0.2, 0.25) is 6.29 Å². The van der Waals surface area contributed by atoms with Gasteiger partial charge in [-0.3, -0.25) is 4.79 Å². The molecule has 5 atom stereocenters. The van der Waals surface area contributed by atoms with Crippen LogP contribution in [0.4, 0.5) is 0 Å². The quantitative estimate of drug-likeness (QED) is 0.163. The molecule has 3 unspecified atom stereocenters. The minimum Gasteiger partial charge on any atom is -0.433 e. The number of esters is 1. The lowest BCUT2D eigenvalue weighted by molar-refractivity contribution is -0.320. The van der Waals surface area contributed by atoms with Crippen molar-refractivity contribution in [3.8, 4) is 0 Å². The Morgan fingerprint density at radius 1 is 0.558 bits per heavy atom. The van der Waals surface area contributed by atoms with E-state index in [4.69, 9.17) is 28.4 Å². The van der Waals surface area contributed by atoms with Crippen LogP contribution in [0.15, 0.2) is 121 Å². The SMILES string of the molecule is CC(=O)O[C@@H]1OC(COCc2ccccc2)[C@@H](OCc2ccccc2)C(OCc2ccccc2)C1OCc1ccccc1. The standard InChI is InChI=1S/C36H38O7/c1-27(37)42-36-35(41-25-31-20-12-5-13-21-31)34(40-24-30-18-10-4-11-19-30)33(39-23-29-16-8-3-9-17-29)32(43-36)26-38-22-28-14-6-2-7-15-28/h2-21,32-36H,22-26H2,1H3/t32?,33-,34?,35?,36-/m1/s1. The van der Waals surface area contributed by atoms with E-state index in [1.165, 1.54) is 6.92 Å². The van der Waals surface area contributed by atoms with Crippen LogP contribution < -0.4 is 0 Å². The maximum absolute atomic E-state index is 12.3. The highest BCUT2D eigenvalue weighted by Crippen LogP contribution is 2.31. The number of hydrogen-bond donors (Lipinski definition) is 0. The second-order valence-electron chi connectivity index (χ2n) is 10.4. The van der Waals surface area contributed by atoms with Crippen LogP contribution in [0.3, 0.4) is 0 Å². The summed E-state index contributed by atoms with van der Waals surface area (Å²) >= 11 is 0. The van der Waals surface area contributed by atoms with Crippen molar-refractivity contribution in [3.05, 3.63) is 144 Å². The first-order chi connectivity index (χ1) is 21.2. The van der Waals surface area contributed by atoms with E-state index in [0.29, 0.717) is 19.8 Å². The minimum absolute atomic E-state index is 0.197. The van der Waals surface area contributed by atoms with E-state index < -0.39 is 36.7 Å². The van der Waals surface area contributed by atoms with Crippen molar-refractivity contribution < 1.29 is 33.2 Å². The monoisotopic (exact) mass is 582 g/mol. The summed E-state index contributed by atoms with van der Waals surface area (Å²) < 4.78 is 37.9. The third-order valence-corrected chi connectivity index (χ3v) is 7.12. The maximum Gasteiger partial charge on any atom is 0.305 e. The Labute approximate surface area is 253 Å². The zero-order valence-electron chi connectivity index (χ0n) is 24.3. The van der Waals surface area contributed by atoms with Gasteiger partial charge in [-0.2, -0.15) is 0 Å². The second kappa shape index (κ2) is 16.1. The van der Waals surface area contributed by atoms with Crippen molar-refractivity contribution in [2.75, 3.05) is 6.61 Å². The fraction of sp³-hybridized carbons (Fsp3) is 0.306. The fourth-order valence-corrected chi connectivity index (χ4v) is 5.01. The third kappa shape index (κ3) is 9.32. The maximum atomic E-state index is 12.3. The van der Waals surface area contributed by atoms with Crippen molar-refractivity contribution in [2.24, 2.45) is 0 Å². The smallest absolute Gasteiger partial charge is 0.305 e. The molecule has 0 spiro atoms. The Hall–Kier alpha value is -3.85. The molecule has 0 saturated carbocycles. The highest BCUT2D eigenvalue weighted by molar-refractivity contribution is 5.66. The summed E-state index contributed by atoms with van der Waals surface area (Å²) in [5, 5.41) is 0. The highest BCUT2D eigenvalue weighted by Gasteiger charge is 2.50. The van der Waals surface area contributed by atoms with Crippen LogP contribution in [0.1, 0.15) is 29.2 Å². The molecule has 5 rings (SSSR count). The summed E-state index contributed by atoms with van der Waals surface area (Å²) in [6.07, 6.45) is -3.62. The lowest BCUT2D eigenvalue weighted by Gasteiger charge is -2.45. The summed E-state index contributed by atoms with van der Waals surface area (Å²) in [6, 6.07) is 39.6. The number of rotatable bonds is 14. The van der Waals surface area contributed by atoms with Gasteiger partial charge in [-0.15, -0.1) is 0 Å². The van der Waals surface area contributed by atoms with Crippen molar-refractivity contribution in [1.82, 2.24) is 0 Å². The first kappa shape index (κ1) is 30.6. The predicted octanol–water partition coefficient (Wildman–Crippen LogP) is 6.25. The summed E-state index contributed by atoms with van der Waals surface area (Å²) in [4.78, 5) is 12.3. The fourth-order valence-electron chi connectivity index (χ4n) is 5.01. The van der Waals surface area contributed by atoms with Crippen molar-refractivity contribution in [1.29, 1.82) is 0 Å². The molecular weight excluding hydrogens is 544 g/mol. The zero-order chi connectivity index (χ0) is 29.7. The second-order valence-corrected chi connectivity index (χ2v) is 10.4. The van der Waals surface area contributed by atoms with Crippen LogP contribution in [-0.4, -0.2) is 43.3 Å². The molecule has 7 heteroatoms. The van der Waals surface area contributed by atoms with Gasteiger partial charge in [0.05, 0.1) is 33.0 Å². The Balaban J connectivity index is 1.42. The van der Waals surface area contributed by atoms with Crippen LogP contribution in [0.25, 0.3) is 0 Å². The van der Waals surface area contributed by atoms with Crippen molar-refractivity contribution >= 4 is 5.97 Å². The number of hydrogen-bond acceptors (Lipinski definition) is 7. The van der Waals surface area contributed by atoms with E-state index in [0.717, 1.165) is 22.3 Å². The molecule has 4 aromatic rings. The molecule has 1 fully saturated rings. The van der Waals surface area contributed by atoms with Gasteiger partial charge in [0.1, 0.15) is 24.4 Å². The molecule has 0 bridgehead atoms. The first-order valence-electron chi connectivity index (χ1n) is 14.6. The van der Waals surface area contributed by atoms with E-state index in [-0.39, 0.29) is 13.2 Å². The molecular formula is C36H38O7. The van der Waals surface area contributed by atoms with Gasteiger partial charge in [0, 0.05) is 6.92 Å². The van der Waals surface area contributed by atoms with Crippen LogP contribution in [0, 0.1) is 0 Å². The molecule has 7 nitrogen and oxygen atoms in total. The zero-order valence-corrected chi connectivity index (χ0v) is 24.3. The summed E-state index contributed by atoms with van der Waals surface area (Å²) in [5.74, 6) is -0.479. The van der Waals surface area contributed by atoms with E-state index in [1.54, 1.807) is 0 Å². The van der Waals surface area contributed by atoms with E-state index in [9.17, 15) is 4.79 Å². The molecule has 0 aliphatic carbocycles. The molecule has 0 aromatic heterocycles. The lowest BCUT2D eigenvalue weighted by Crippen LogP contribution is -2.62. The molecule has 1 aliphatic heterocycles. The molecule has 1 heterocycles. The van der Waals surface area contributed by atoms with Gasteiger partial charge in [0.15, 0.2) is 0 Å². The van der Waals surface area contributed by atoms with Crippen LogP contribution in [0.5, 0.6) is 0 Å². The van der Waals surface area contributed by atoms with Gasteiger partial charge >= 0.3 is 5.97 Å². The van der Waals surface area contributed by atoms with Crippen molar-refractivity contribution in [2.45, 2.75) is 64.1 Å². The normalized spacial score (nSPS) is 21.7. The number of benzene rings is 4. The van der Waals surface area contributed by atoms with Crippen LogP contribution in [0.2, 0.25) is 0 Å². The Morgan fingerprint density at radius 3 is 1.40 bits per heavy atom. The molecule has 1 aliphatic rings. The minimum atomic E-state index is -1.02. The highest BCUT2D eigenvalue weighted by atomic mass is 16.7. The third-order valence-electron chi connectivity index (χ3n) is 7.12. The average Bonchev–Trinajstić information content (AvgIpc) is 3.04. The molecule has 0 N–H and O–H groups in total. The number of carbonyl (C=O) groups excluding carboxylic acids is 1. The van der Waals surface area contributed by atoms with Gasteiger partial charge < -0.3 is 28.4 Å². The molecule has 1 saturated heterocycles. The predicted molar refractivity (Wildman–Crippen MR) is 162 cm³/mol. The summed E-state index contributed by atoms with van der Waals surface area (Å²) in [5.41, 5.74) is 4.02. The molecule has 224 valence electrons. The Kier molecular flexibility index (Phi) is 11.5. The molecule has 0 amide bonds. The van der Waals surface area contributed by atoms with Gasteiger partial charge in [-0.1, -0.05) is 121 Å². The van der Waals surface area contributed by atoms with Gasteiger partial charge in [-0.05, 0) is 22.3 Å². The van der Waals surface area contributed by atoms with Gasteiger partial charge in [0.25, 0.3) is 0 Å². The molecule has 4 aromatic carbocycles. The number of ether oxygens (including phenoxy) is 6. The summed E-state index contributed by atoms with van der Waals surface area (Å²) in [7, 11) is 0. The number of carbonyl (C=O) groups is 1. The van der Waals surface area contributed by atoms with Crippen LogP contribution >= 0.6 is 0 Å². The van der Waals surface area contributed by atoms with Crippen LogP contribution in [-0.2, 0) is 59.6 Å². The van der Waals surface area contributed by atoms with E-state index in [1.807, 2.05) is 121 Å². The Morgan fingerprint density at radius 2 is 0.953 bits per heavy atom. The van der Waals surface area contributed by atoms with Gasteiger partial charge in [-0.25, -0.2) is 0 Å². The van der Waals surface area contributed by atoms with E-state index in [2.05, 4.69) is 0 Å². The lowest BCUT2D eigenvalue weighted by atomic mass is 9.97. The van der Waals surface area contributed by atoms with E-state index >= 15 is 0 Å².